The summed E-state index contributed by atoms with van der Waals surface area (Å²) >= 11 is 0. The van der Waals surface area contributed by atoms with Crippen LogP contribution in [0, 0.1) is 11.7 Å². The number of nitrogens with zero attached hydrogens (tertiary/aromatic N) is 1. The lowest BCUT2D eigenvalue weighted by molar-refractivity contribution is 0.599. The van der Waals surface area contributed by atoms with E-state index in [1.54, 1.807) is 6.07 Å². The Morgan fingerprint density at radius 3 is 2.55 bits per heavy atom. The quantitative estimate of drug-likeness (QED) is 0.819. The van der Waals surface area contributed by atoms with E-state index in [1.807, 2.05) is 6.07 Å². The van der Waals surface area contributed by atoms with Gasteiger partial charge in [-0.15, -0.1) is 0 Å². The number of hydrogen-bond acceptors (Lipinski definition) is 2. The van der Waals surface area contributed by atoms with Crippen LogP contribution in [0.5, 0.6) is 0 Å². The Hall–Kier alpha value is -1.09. The van der Waals surface area contributed by atoms with Crippen LogP contribution in [0.3, 0.4) is 0 Å². The molecule has 0 amide bonds. The van der Waals surface area contributed by atoms with Crippen molar-refractivity contribution >= 4 is 5.69 Å². The topological polar surface area (TPSA) is 15.3 Å². The summed E-state index contributed by atoms with van der Waals surface area (Å²) in [5.74, 6) is 0.770. The Kier molecular flexibility index (Phi) is 3.18. The van der Waals surface area contributed by atoms with Gasteiger partial charge in [0.1, 0.15) is 5.82 Å². The minimum Gasteiger partial charge on any atom is -0.366 e. The lowest BCUT2D eigenvalue weighted by Crippen LogP contribution is -2.31. The zero-order chi connectivity index (χ0) is 13.5. The predicted octanol–water partition coefficient (Wildman–Crippen LogP) is 3.46. The van der Waals surface area contributed by atoms with Crippen molar-refractivity contribution in [3.8, 4) is 0 Å². The van der Waals surface area contributed by atoms with Gasteiger partial charge in [-0.05, 0) is 56.1 Å². The fourth-order valence-corrected chi connectivity index (χ4v) is 2.95. The highest BCUT2D eigenvalue weighted by Gasteiger charge is 2.36. The van der Waals surface area contributed by atoms with Gasteiger partial charge in [0.25, 0.3) is 0 Å². The van der Waals surface area contributed by atoms with E-state index in [0.29, 0.717) is 12.1 Å². The Labute approximate surface area is 120 Å². The maximum atomic E-state index is 14.4. The molecular weight excluding hydrogens is 251 g/mol. The highest BCUT2D eigenvalue weighted by atomic mass is 19.1. The van der Waals surface area contributed by atoms with E-state index in [2.05, 4.69) is 16.3 Å². The second-order valence-electron chi connectivity index (χ2n) is 6.73. The molecule has 0 heterocycles. The van der Waals surface area contributed by atoms with Crippen LogP contribution in [0.2, 0.25) is 0 Å². The summed E-state index contributed by atoms with van der Waals surface area (Å²) in [6.45, 7) is 1.87. The van der Waals surface area contributed by atoms with Gasteiger partial charge in [-0.2, -0.15) is 0 Å². The maximum Gasteiger partial charge on any atom is 0.146 e. The Morgan fingerprint density at radius 1 is 1.10 bits per heavy atom. The summed E-state index contributed by atoms with van der Waals surface area (Å²) in [7, 11) is 0. The van der Waals surface area contributed by atoms with Crippen molar-refractivity contribution in [2.24, 2.45) is 5.92 Å². The van der Waals surface area contributed by atoms with Crippen molar-refractivity contribution < 1.29 is 4.39 Å². The zero-order valence-electron chi connectivity index (χ0n) is 11.9. The van der Waals surface area contributed by atoms with Gasteiger partial charge in [0.15, 0.2) is 0 Å². The van der Waals surface area contributed by atoms with Gasteiger partial charge in [0.2, 0.25) is 0 Å². The molecule has 3 saturated carbocycles. The van der Waals surface area contributed by atoms with E-state index in [-0.39, 0.29) is 5.82 Å². The van der Waals surface area contributed by atoms with E-state index >= 15 is 0 Å². The van der Waals surface area contributed by atoms with Gasteiger partial charge in [0, 0.05) is 25.2 Å². The average Bonchev–Trinajstić information content (AvgIpc) is 3.25. The summed E-state index contributed by atoms with van der Waals surface area (Å²) < 4.78 is 14.4. The summed E-state index contributed by atoms with van der Waals surface area (Å²) in [6.07, 6.45) is 7.67. The molecule has 3 heteroatoms. The molecule has 0 spiro atoms. The smallest absolute Gasteiger partial charge is 0.146 e. The molecular formula is C17H23FN2. The van der Waals surface area contributed by atoms with Crippen LogP contribution in [-0.2, 0) is 6.54 Å². The van der Waals surface area contributed by atoms with Crippen molar-refractivity contribution in [1.82, 2.24) is 5.32 Å². The maximum absolute atomic E-state index is 14.4. The summed E-state index contributed by atoms with van der Waals surface area (Å²) in [5.41, 5.74) is 2.03. The van der Waals surface area contributed by atoms with Crippen LogP contribution in [-0.4, -0.2) is 18.6 Å². The molecule has 2 nitrogen and oxygen atoms in total. The van der Waals surface area contributed by atoms with Crippen LogP contribution < -0.4 is 10.2 Å². The molecule has 0 saturated heterocycles. The van der Waals surface area contributed by atoms with Gasteiger partial charge < -0.3 is 10.2 Å². The first kappa shape index (κ1) is 12.6. The molecule has 0 aliphatic heterocycles. The molecule has 3 fully saturated rings. The number of benzene rings is 1. The largest absolute Gasteiger partial charge is 0.366 e. The van der Waals surface area contributed by atoms with Gasteiger partial charge in [-0.25, -0.2) is 4.39 Å². The van der Waals surface area contributed by atoms with E-state index in [4.69, 9.17) is 0 Å². The van der Waals surface area contributed by atoms with Crippen molar-refractivity contribution in [2.45, 2.75) is 57.2 Å². The fourth-order valence-electron chi connectivity index (χ4n) is 2.95. The van der Waals surface area contributed by atoms with Crippen molar-refractivity contribution in [3.63, 3.8) is 0 Å². The van der Waals surface area contributed by atoms with Crippen LogP contribution in [0.1, 0.15) is 44.1 Å². The van der Waals surface area contributed by atoms with Crippen molar-refractivity contribution in [3.05, 3.63) is 29.6 Å². The third-order valence-corrected chi connectivity index (χ3v) is 4.66. The van der Waals surface area contributed by atoms with Crippen molar-refractivity contribution in [1.29, 1.82) is 0 Å². The molecule has 1 aromatic carbocycles. The van der Waals surface area contributed by atoms with Gasteiger partial charge in [0.05, 0.1) is 5.69 Å². The van der Waals surface area contributed by atoms with Crippen LogP contribution >= 0.6 is 0 Å². The molecule has 0 unspecified atom stereocenters. The summed E-state index contributed by atoms with van der Waals surface area (Å²) in [4.78, 5) is 2.37. The predicted molar refractivity (Wildman–Crippen MR) is 79.4 cm³/mol. The monoisotopic (exact) mass is 274 g/mol. The first-order valence-corrected chi connectivity index (χ1v) is 8.08. The molecule has 3 aliphatic carbocycles. The number of halogens is 1. The zero-order valence-corrected chi connectivity index (χ0v) is 11.9. The first-order chi connectivity index (χ1) is 9.81. The standard InChI is InChI=1S/C17H23FN2/c18-16-3-1-2-13(10-19-14-6-7-14)17(16)20(15-8-9-15)11-12-4-5-12/h1-3,12,14-15,19H,4-11H2. The minimum atomic E-state index is -0.0346. The Morgan fingerprint density at radius 2 is 1.90 bits per heavy atom. The third-order valence-electron chi connectivity index (χ3n) is 4.66. The molecule has 0 radical (unpaired) electrons. The van der Waals surface area contributed by atoms with Gasteiger partial charge in [-0.3, -0.25) is 0 Å². The molecule has 0 atom stereocenters. The Bertz CT molecular complexity index is 490. The molecule has 108 valence electrons. The Balaban J connectivity index is 1.58. The molecule has 1 N–H and O–H groups in total. The third kappa shape index (κ3) is 2.83. The summed E-state index contributed by atoms with van der Waals surface area (Å²) in [5, 5.41) is 3.53. The number of rotatable bonds is 7. The highest BCUT2D eigenvalue weighted by Crippen LogP contribution is 2.40. The van der Waals surface area contributed by atoms with Crippen LogP contribution in [0.15, 0.2) is 18.2 Å². The summed E-state index contributed by atoms with van der Waals surface area (Å²) in [6, 6.07) is 6.83. The number of para-hydroxylation sites is 1. The number of anilines is 1. The molecule has 4 rings (SSSR count). The molecule has 0 bridgehead atoms. The SMILES string of the molecule is Fc1cccc(CNC2CC2)c1N(CC1CC1)C1CC1. The van der Waals surface area contributed by atoms with E-state index in [9.17, 15) is 4.39 Å². The van der Waals surface area contributed by atoms with E-state index in [0.717, 1.165) is 30.3 Å². The molecule has 0 aromatic heterocycles. The normalized spacial score (nSPS) is 22.1. The minimum absolute atomic E-state index is 0.0346. The van der Waals surface area contributed by atoms with Crippen LogP contribution in [0.25, 0.3) is 0 Å². The highest BCUT2D eigenvalue weighted by molar-refractivity contribution is 5.57. The second-order valence-corrected chi connectivity index (χ2v) is 6.73. The second kappa shape index (κ2) is 5.03. The number of hydrogen-bond donors (Lipinski definition) is 1. The van der Waals surface area contributed by atoms with Gasteiger partial charge in [-0.1, -0.05) is 12.1 Å². The molecule has 20 heavy (non-hydrogen) atoms. The average molecular weight is 274 g/mol. The van der Waals surface area contributed by atoms with Crippen molar-refractivity contribution in [2.75, 3.05) is 11.4 Å². The first-order valence-electron chi connectivity index (χ1n) is 8.08. The number of nitrogens with one attached hydrogen (secondary N) is 1. The fraction of sp³-hybridized carbons (Fsp3) is 0.647. The van der Waals surface area contributed by atoms with Gasteiger partial charge >= 0.3 is 0 Å². The van der Waals surface area contributed by atoms with E-state index in [1.165, 1.54) is 38.5 Å². The van der Waals surface area contributed by atoms with E-state index < -0.39 is 0 Å². The lowest BCUT2D eigenvalue weighted by atomic mass is 10.1. The lowest BCUT2D eigenvalue weighted by Gasteiger charge is -2.28. The van der Waals surface area contributed by atoms with Crippen LogP contribution in [0.4, 0.5) is 10.1 Å². The molecule has 3 aliphatic rings. The molecule has 1 aromatic rings.